The summed E-state index contributed by atoms with van der Waals surface area (Å²) in [6.07, 6.45) is -0.189. The lowest BCUT2D eigenvalue weighted by Gasteiger charge is -2.25. The van der Waals surface area contributed by atoms with Crippen molar-refractivity contribution in [2.75, 3.05) is 7.05 Å². The Bertz CT molecular complexity index is 774. The Morgan fingerprint density at radius 3 is 2.52 bits per heavy atom. The molecule has 1 unspecified atom stereocenters. The van der Waals surface area contributed by atoms with Crippen molar-refractivity contribution < 1.29 is 17.7 Å². The molecular weight excluding hydrogens is 314 g/mol. The highest BCUT2D eigenvalue weighted by molar-refractivity contribution is 7.85. The SMILES string of the molecule is Cc1cccc(OC(C)N(C)Cc2cccc(S(=O)(=O)O)c2)c1. The number of hydrogen-bond acceptors (Lipinski definition) is 4. The maximum Gasteiger partial charge on any atom is 0.294 e. The van der Waals surface area contributed by atoms with Crippen LogP contribution in [0.1, 0.15) is 18.1 Å². The van der Waals surface area contributed by atoms with Gasteiger partial charge in [0.15, 0.2) is 0 Å². The van der Waals surface area contributed by atoms with Gasteiger partial charge in [0.1, 0.15) is 12.0 Å². The van der Waals surface area contributed by atoms with E-state index in [1.165, 1.54) is 12.1 Å². The molecule has 0 spiro atoms. The molecule has 0 amide bonds. The van der Waals surface area contributed by atoms with E-state index in [2.05, 4.69) is 0 Å². The summed E-state index contributed by atoms with van der Waals surface area (Å²) in [4.78, 5) is 1.85. The lowest BCUT2D eigenvalue weighted by atomic mass is 10.2. The molecule has 5 nitrogen and oxygen atoms in total. The van der Waals surface area contributed by atoms with Crippen molar-refractivity contribution in [1.29, 1.82) is 0 Å². The quantitative estimate of drug-likeness (QED) is 0.649. The Morgan fingerprint density at radius 2 is 1.87 bits per heavy atom. The molecule has 2 aromatic rings. The second-order valence-electron chi connectivity index (χ2n) is 5.57. The summed E-state index contributed by atoms with van der Waals surface area (Å²) in [5, 5.41) is 0. The van der Waals surface area contributed by atoms with Crippen LogP contribution in [0.15, 0.2) is 53.4 Å². The highest BCUT2D eigenvalue weighted by atomic mass is 32.2. The number of rotatable bonds is 6. The maximum atomic E-state index is 11.2. The predicted octanol–water partition coefficient (Wildman–Crippen LogP) is 3.10. The van der Waals surface area contributed by atoms with Crippen LogP contribution in [0, 0.1) is 6.92 Å². The van der Waals surface area contributed by atoms with Crippen molar-refractivity contribution in [1.82, 2.24) is 4.90 Å². The molecule has 23 heavy (non-hydrogen) atoms. The Kier molecular flexibility index (Phi) is 5.41. The number of nitrogens with zero attached hydrogens (tertiary/aromatic N) is 1. The summed E-state index contributed by atoms with van der Waals surface area (Å²) in [5.74, 6) is 0.788. The van der Waals surface area contributed by atoms with Crippen LogP contribution in [-0.2, 0) is 16.7 Å². The minimum atomic E-state index is -4.18. The van der Waals surface area contributed by atoms with E-state index in [0.717, 1.165) is 16.9 Å². The van der Waals surface area contributed by atoms with Gasteiger partial charge in [0.05, 0.1) is 4.90 Å². The van der Waals surface area contributed by atoms with E-state index in [9.17, 15) is 8.42 Å². The van der Waals surface area contributed by atoms with Gasteiger partial charge in [-0.25, -0.2) is 0 Å². The number of hydrogen-bond donors (Lipinski definition) is 1. The lowest BCUT2D eigenvalue weighted by molar-refractivity contribution is 0.0549. The molecule has 0 aromatic heterocycles. The molecule has 0 aliphatic heterocycles. The number of aryl methyl sites for hydroxylation is 1. The van der Waals surface area contributed by atoms with Gasteiger partial charge in [-0.3, -0.25) is 9.45 Å². The van der Waals surface area contributed by atoms with Crippen molar-refractivity contribution >= 4 is 10.1 Å². The molecule has 0 aliphatic rings. The molecule has 0 radical (unpaired) electrons. The molecule has 1 atom stereocenters. The van der Waals surface area contributed by atoms with Gasteiger partial charge in [0.25, 0.3) is 10.1 Å². The van der Waals surface area contributed by atoms with Gasteiger partial charge in [-0.2, -0.15) is 8.42 Å². The molecule has 0 fully saturated rings. The smallest absolute Gasteiger partial charge is 0.294 e. The molecule has 124 valence electrons. The van der Waals surface area contributed by atoms with Crippen molar-refractivity contribution in [2.45, 2.75) is 31.5 Å². The number of benzene rings is 2. The van der Waals surface area contributed by atoms with Crippen LogP contribution in [0.25, 0.3) is 0 Å². The summed E-state index contributed by atoms with van der Waals surface area (Å²) in [6, 6.07) is 14.0. The summed E-state index contributed by atoms with van der Waals surface area (Å²) < 4.78 is 37.4. The van der Waals surface area contributed by atoms with Crippen LogP contribution in [0.5, 0.6) is 5.75 Å². The molecule has 1 N–H and O–H groups in total. The Morgan fingerprint density at radius 1 is 1.17 bits per heavy atom. The van der Waals surface area contributed by atoms with E-state index in [0.29, 0.717) is 6.54 Å². The summed E-state index contributed by atoms with van der Waals surface area (Å²) in [7, 11) is -2.29. The summed E-state index contributed by atoms with van der Waals surface area (Å²) >= 11 is 0. The van der Waals surface area contributed by atoms with Crippen LogP contribution in [0.2, 0.25) is 0 Å². The Hall–Kier alpha value is -1.89. The van der Waals surface area contributed by atoms with Gasteiger partial charge in [0.2, 0.25) is 0 Å². The standard InChI is InChI=1S/C17H21NO4S/c1-13-6-4-8-16(10-13)22-14(2)18(3)12-15-7-5-9-17(11-15)23(19,20)21/h4-11,14H,12H2,1-3H3,(H,19,20,21). The fourth-order valence-electron chi connectivity index (χ4n) is 2.20. The first-order chi connectivity index (χ1) is 10.8. The molecule has 0 bridgehead atoms. The van der Waals surface area contributed by atoms with Gasteiger partial charge in [-0.05, 0) is 56.3 Å². The number of ether oxygens (including phenoxy) is 1. The van der Waals surface area contributed by atoms with Gasteiger partial charge in [-0.1, -0.05) is 24.3 Å². The van der Waals surface area contributed by atoms with E-state index in [1.807, 2.05) is 56.1 Å². The highest BCUT2D eigenvalue weighted by Gasteiger charge is 2.14. The third-order valence-electron chi connectivity index (χ3n) is 3.55. The molecule has 2 aromatic carbocycles. The highest BCUT2D eigenvalue weighted by Crippen LogP contribution is 2.17. The average molecular weight is 335 g/mol. The molecule has 0 saturated heterocycles. The third kappa shape index (κ3) is 5.06. The van der Waals surface area contributed by atoms with E-state index in [4.69, 9.17) is 9.29 Å². The van der Waals surface area contributed by atoms with Crippen LogP contribution in [-0.4, -0.2) is 31.1 Å². The second-order valence-corrected chi connectivity index (χ2v) is 6.99. The molecule has 6 heteroatoms. The first-order valence-corrected chi connectivity index (χ1v) is 8.70. The first kappa shape index (κ1) is 17.5. The van der Waals surface area contributed by atoms with Crippen LogP contribution in [0.4, 0.5) is 0 Å². The van der Waals surface area contributed by atoms with E-state index in [-0.39, 0.29) is 11.1 Å². The first-order valence-electron chi connectivity index (χ1n) is 7.26. The Labute approximate surface area is 137 Å². The molecular formula is C17H21NO4S. The zero-order valence-corrected chi connectivity index (χ0v) is 14.2. The normalized spacial score (nSPS) is 13.1. The zero-order chi connectivity index (χ0) is 17.0. The van der Waals surface area contributed by atoms with Gasteiger partial charge >= 0.3 is 0 Å². The second kappa shape index (κ2) is 7.12. The largest absolute Gasteiger partial charge is 0.475 e. The lowest BCUT2D eigenvalue weighted by Crippen LogP contribution is -2.33. The summed E-state index contributed by atoms with van der Waals surface area (Å²) in [6.45, 7) is 4.42. The van der Waals surface area contributed by atoms with Crippen molar-refractivity contribution in [2.24, 2.45) is 0 Å². The fraction of sp³-hybridized carbons (Fsp3) is 0.294. The summed E-state index contributed by atoms with van der Waals surface area (Å²) in [5.41, 5.74) is 1.90. The topological polar surface area (TPSA) is 66.8 Å². The van der Waals surface area contributed by atoms with E-state index >= 15 is 0 Å². The molecule has 2 rings (SSSR count). The third-order valence-corrected chi connectivity index (χ3v) is 4.39. The zero-order valence-electron chi connectivity index (χ0n) is 13.4. The average Bonchev–Trinajstić information content (AvgIpc) is 2.46. The van der Waals surface area contributed by atoms with E-state index in [1.54, 1.807) is 6.07 Å². The van der Waals surface area contributed by atoms with Crippen molar-refractivity contribution in [3.63, 3.8) is 0 Å². The minimum Gasteiger partial charge on any atom is -0.475 e. The van der Waals surface area contributed by atoms with E-state index < -0.39 is 10.1 Å². The van der Waals surface area contributed by atoms with Crippen LogP contribution in [0.3, 0.4) is 0 Å². The molecule has 0 heterocycles. The minimum absolute atomic E-state index is 0.101. The molecule has 0 saturated carbocycles. The van der Waals surface area contributed by atoms with Gasteiger partial charge < -0.3 is 4.74 Å². The maximum absolute atomic E-state index is 11.2. The van der Waals surface area contributed by atoms with Crippen LogP contribution >= 0.6 is 0 Å². The van der Waals surface area contributed by atoms with Crippen LogP contribution < -0.4 is 4.74 Å². The predicted molar refractivity (Wildman–Crippen MR) is 89.0 cm³/mol. The Balaban J connectivity index is 2.05. The molecule has 0 aliphatic carbocycles. The van der Waals surface area contributed by atoms with Gasteiger partial charge in [0, 0.05) is 6.54 Å². The van der Waals surface area contributed by atoms with Gasteiger partial charge in [-0.15, -0.1) is 0 Å². The fourth-order valence-corrected chi connectivity index (χ4v) is 2.75. The van der Waals surface area contributed by atoms with Crippen molar-refractivity contribution in [3.8, 4) is 5.75 Å². The van der Waals surface area contributed by atoms with Crippen molar-refractivity contribution in [3.05, 3.63) is 59.7 Å². The monoisotopic (exact) mass is 335 g/mol.